The van der Waals surface area contributed by atoms with Crippen molar-refractivity contribution < 1.29 is 9.67 Å². The molecule has 3 heteroatoms. The second-order valence-electron chi connectivity index (χ2n) is 7.94. The fourth-order valence-corrected chi connectivity index (χ4v) is 7.54. The van der Waals surface area contributed by atoms with E-state index in [0.29, 0.717) is 0 Å². The van der Waals surface area contributed by atoms with Crippen LogP contribution in [0.1, 0.15) is 5.56 Å². The third-order valence-corrected chi connectivity index (χ3v) is 9.12. The molecule has 156 valence electrons. The van der Waals surface area contributed by atoms with E-state index in [1.807, 2.05) is 116 Å². The highest BCUT2D eigenvalue weighted by Crippen LogP contribution is 2.49. The Morgan fingerprint density at radius 2 is 1.19 bits per heavy atom. The van der Waals surface area contributed by atoms with E-state index in [1.54, 1.807) is 6.07 Å². The summed E-state index contributed by atoms with van der Waals surface area (Å²) in [5, 5.41) is 14.9. The van der Waals surface area contributed by atoms with Crippen molar-refractivity contribution in [3.8, 4) is 16.9 Å². The molecule has 0 aliphatic rings. The molecule has 0 bridgehead atoms. The molecule has 32 heavy (non-hydrogen) atoms. The molecular weight excluding hydrogens is 411 g/mol. The highest BCUT2D eigenvalue weighted by atomic mass is 31.2. The zero-order valence-electron chi connectivity index (χ0n) is 17.8. The minimum atomic E-state index is -3.28. The van der Waals surface area contributed by atoms with E-state index in [1.165, 1.54) is 0 Å². The molecule has 0 aliphatic carbocycles. The average molecular weight is 434 g/mol. The second kappa shape index (κ2) is 8.15. The molecule has 0 spiro atoms. The van der Waals surface area contributed by atoms with Crippen LogP contribution in [0, 0.1) is 6.92 Å². The highest BCUT2D eigenvalue weighted by molar-refractivity contribution is 7.86. The number of phenols is 1. The summed E-state index contributed by atoms with van der Waals surface area (Å²) >= 11 is 0. The Morgan fingerprint density at radius 3 is 1.75 bits per heavy atom. The summed E-state index contributed by atoms with van der Waals surface area (Å²) in [6.07, 6.45) is 0. The summed E-state index contributed by atoms with van der Waals surface area (Å²) in [5.74, 6) is 0.202. The molecule has 1 N–H and O–H groups in total. The molecule has 5 aromatic rings. The van der Waals surface area contributed by atoms with Gasteiger partial charge in [-0.15, -0.1) is 0 Å². The van der Waals surface area contributed by atoms with Crippen LogP contribution in [0.2, 0.25) is 0 Å². The van der Waals surface area contributed by atoms with Crippen LogP contribution in [0.25, 0.3) is 21.9 Å². The van der Waals surface area contributed by atoms with Gasteiger partial charge in [0.2, 0.25) is 0 Å². The molecule has 0 saturated carbocycles. The van der Waals surface area contributed by atoms with Gasteiger partial charge in [0.15, 0.2) is 7.14 Å². The number of hydrogen-bond donors (Lipinski definition) is 1. The highest BCUT2D eigenvalue weighted by Gasteiger charge is 2.34. The monoisotopic (exact) mass is 434 g/mol. The minimum absolute atomic E-state index is 0.202. The first-order valence-corrected chi connectivity index (χ1v) is 12.3. The fraction of sp³-hybridized carbons (Fsp3) is 0.0345. The zero-order valence-corrected chi connectivity index (χ0v) is 18.7. The van der Waals surface area contributed by atoms with E-state index < -0.39 is 7.14 Å². The fourth-order valence-electron chi connectivity index (χ4n) is 4.49. The van der Waals surface area contributed by atoms with Gasteiger partial charge in [0.1, 0.15) is 5.75 Å². The van der Waals surface area contributed by atoms with Gasteiger partial charge in [-0.25, -0.2) is 0 Å². The first-order chi connectivity index (χ1) is 15.6. The predicted molar refractivity (Wildman–Crippen MR) is 135 cm³/mol. The van der Waals surface area contributed by atoms with Crippen LogP contribution in [-0.4, -0.2) is 5.11 Å². The van der Waals surface area contributed by atoms with E-state index >= 15 is 4.57 Å². The minimum Gasteiger partial charge on any atom is -0.507 e. The maximum absolute atomic E-state index is 15.4. The van der Waals surface area contributed by atoms with Crippen molar-refractivity contribution in [1.82, 2.24) is 0 Å². The van der Waals surface area contributed by atoms with Crippen molar-refractivity contribution >= 4 is 33.8 Å². The third-order valence-electron chi connectivity index (χ3n) is 5.96. The molecule has 0 unspecified atom stereocenters. The Bertz CT molecular complexity index is 1400. The van der Waals surface area contributed by atoms with Gasteiger partial charge in [-0.3, -0.25) is 0 Å². The summed E-state index contributed by atoms with van der Waals surface area (Å²) in [4.78, 5) is 0. The summed E-state index contributed by atoms with van der Waals surface area (Å²) < 4.78 is 15.4. The SMILES string of the molecule is Cc1cccc2c(P(=O)(c3ccccc3)c3ccccc3)c(-c3ccccc3)cc(O)c12. The number of aromatic hydroxyl groups is 1. The lowest BCUT2D eigenvalue weighted by Gasteiger charge is -2.25. The van der Waals surface area contributed by atoms with Gasteiger partial charge in [-0.05, 0) is 35.1 Å². The first kappa shape index (κ1) is 20.3. The molecule has 5 aromatic carbocycles. The quantitative estimate of drug-likeness (QED) is 0.344. The van der Waals surface area contributed by atoms with Gasteiger partial charge in [-0.2, -0.15) is 0 Å². The van der Waals surface area contributed by atoms with Crippen LogP contribution < -0.4 is 15.9 Å². The van der Waals surface area contributed by atoms with Crippen LogP contribution in [0.3, 0.4) is 0 Å². The van der Waals surface area contributed by atoms with E-state index in [9.17, 15) is 5.11 Å². The predicted octanol–water partition coefficient (Wildman–Crippen LogP) is 6.16. The van der Waals surface area contributed by atoms with Gasteiger partial charge < -0.3 is 9.67 Å². The topological polar surface area (TPSA) is 37.3 Å². The average Bonchev–Trinajstić information content (AvgIpc) is 2.85. The standard InChI is InChI=1S/C29H23O2P/c1-21-12-11-19-25-28(21)27(30)20-26(22-13-5-2-6-14-22)29(25)32(31,23-15-7-3-8-16-23)24-17-9-4-10-18-24/h2-20,30H,1H3. The van der Waals surface area contributed by atoms with Crippen LogP contribution in [0.5, 0.6) is 5.75 Å². The van der Waals surface area contributed by atoms with Gasteiger partial charge >= 0.3 is 0 Å². The van der Waals surface area contributed by atoms with Crippen LogP contribution in [0.4, 0.5) is 0 Å². The number of rotatable bonds is 4. The Hall–Kier alpha value is -3.61. The molecule has 0 atom stereocenters. The van der Waals surface area contributed by atoms with Crippen LogP contribution in [-0.2, 0) is 4.57 Å². The van der Waals surface area contributed by atoms with Crippen molar-refractivity contribution in [1.29, 1.82) is 0 Å². The lowest BCUT2D eigenvalue weighted by molar-refractivity contribution is 0.482. The first-order valence-electron chi connectivity index (χ1n) is 10.6. The molecular formula is C29H23O2P. The molecule has 0 fully saturated rings. The normalized spacial score (nSPS) is 11.5. The number of fused-ring (bicyclic) bond motifs is 1. The smallest absolute Gasteiger partial charge is 0.172 e. The second-order valence-corrected chi connectivity index (χ2v) is 10.6. The molecule has 5 rings (SSSR count). The van der Waals surface area contributed by atoms with Gasteiger partial charge in [0, 0.05) is 21.3 Å². The Balaban J connectivity index is 2.01. The van der Waals surface area contributed by atoms with Crippen molar-refractivity contribution in [3.05, 3.63) is 121 Å². The van der Waals surface area contributed by atoms with E-state index in [4.69, 9.17) is 0 Å². The van der Waals surface area contributed by atoms with Crippen molar-refractivity contribution in [2.45, 2.75) is 6.92 Å². The summed E-state index contributed by atoms with van der Waals surface area (Å²) in [6, 6.07) is 37.0. The Labute approximate surface area is 188 Å². The maximum Gasteiger partial charge on any atom is 0.172 e. The van der Waals surface area contributed by atoms with E-state index in [-0.39, 0.29) is 5.75 Å². The van der Waals surface area contributed by atoms with Crippen LogP contribution in [0.15, 0.2) is 115 Å². The number of phenolic OH excluding ortho intramolecular Hbond substituents is 1. The van der Waals surface area contributed by atoms with Crippen molar-refractivity contribution in [2.24, 2.45) is 0 Å². The number of hydrogen-bond acceptors (Lipinski definition) is 2. The Kier molecular flexibility index (Phi) is 5.17. The largest absolute Gasteiger partial charge is 0.507 e. The number of aryl methyl sites for hydroxylation is 1. The molecule has 0 radical (unpaired) electrons. The third kappa shape index (κ3) is 3.25. The molecule has 0 heterocycles. The summed E-state index contributed by atoms with van der Waals surface area (Å²) in [7, 11) is -3.28. The van der Waals surface area contributed by atoms with E-state index in [0.717, 1.165) is 43.4 Å². The molecule has 0 aromatic heterocycles. The van der Waals surface area contributed by atoms with Gasteiger partial charge in [0.05, 0.1) is 0 Å². The summed E-state index contributed by atoms with van der Waals surface area (Å²) in [6.45, 7) is 1.98. The van der Waals surface area contributed by atoms with Gasteiger partial charge in [-0.1, -0.05) is 109 Å². The number of benzene rings is 5. The summed E-state index contributed by atoms with van der Waals surface area (Å²) in [5.41, 5.74) is 2.67. The van der Waals surface area contributed by atoms with Gasteiger partial charge in [0.25, 0.3) is 0 Å². The molecule has 2 nitrogen and oxygen atoms in total. The maximum atomic E-state index is 15.4. The zero-order chi connectivity index (χ0) is 22.1. The van der Waals surface area contributed by atoms with Crippen molar-refractivity contribution in [2.75, 3.05) is 0 Å². The molecule has 0 amide bonds. The van der Waals surface area contributed by atoms with E-state index in [2.05, 4.69) is 0 Å². The molecule has 0 saturated heterocycles. The lowest BCUT2D eigenvalue weighted by Crippen LogP contribution is -2.27. The van der Waals surface area contributed by atoms with Crippen LogP contribution >= 0.6 is 7.14 Å². The van der Waals surface area contributed by atoms with Crippen molar-refractivity contribution in [3.63, 3.8) is 0 Å². The molecule has 0 aliphatic heterocycles. The lowest BCUT2D eigenvalue weighted by atomic mass is 9.98. The Morgan fingerprint density at radius 1 is 0.656 bits per heavy atom.